The van der Waals surface area contributed by atoms with Gasteiger partial charge in [0.05, 0.1) is 12.5 Å². The van der Waals surface area contributed by atoms with Crippen molar-refractivity contribution in [2.24, 2.45) is 29.6 Å². The van der Waals surface area contributed by atoms with Crippen molar-refractivity contribution in [1.82, 2.24) is 0 Å². The standard InChI is InChI=1S/C15H24O2/c1-5-17-15(16)14-8-11-7-12(9(2)3)13(14)6-10(11)4/h6,9,11-14H,5,7-8H2,1-4H3. The van der Waals surface area contributed by atoms with Crippen molar-refractivity contribution in [1.29, 1.82) is 0 Å². The first-order chi connectivity index (χ1) is 8.04. The Morgan fingerprint density at radius 1 is 1.47 bits per heavy atom. The zero-order chi connectivity index (χ0) is 12.6. The Morgan fingerprint density at radius 2 is 2.18 bits per heavy atom. The third-order valence-corrected chi connectivity index (χ3v) is 4.60. The molecule has 1 fully saturated rings. The molecule has 0 spiro atoms. The molecule has 4 unspecified atom stereocenters. The van der Waals surface area contributed by atoms with Gasteiger partial charge in [-0.2, -0.15) is 0 Å². The van der Waals surface area contributed by atoms with Gasteiger partial charge in [-0.25, -0.2) is 0 Å². The summed E-state index contributed by atoms with van der Waals surface area (Å²) in [6.45, 7) is 9.16. The quantitative estimate of drug-likeness (QED) is 0.554. The van der Waals surface area contributed by atoms with Crippen molar-refractivity contribution in [3.8, 4) is 0 Å². The van der Waals surface area contributed by atoms with E-state index >= 15 is 0 Å². The number of rotatable bonds is 3. The molecule has 0 radical (unpaired) electrons. The third-order valence-electron chi connectivity index (χ3n) is 4.60. The lowest BCUT2D eigenvalue weighted by Gasteiger charge is -2.46. The van der Waals surface area contributed by atoms with E-state index < -0.39 is 0 Å². The van der Waals surface area contributed by atoms with Crippen LogP contribution in [0.3, 0.4) is 0 Å². The first kappa shape index (κ1) is 12.7. The van der Waals surface area contributed by atoms with Crippen LogP contribution in [0.4, 0.5) is 0 Å². The van der Waals surface area contributed by atoms with Gasteiger partial charge in [0.1, 0.15) is 0 Å². The zero-order valence-electron chi connectivity index (χ0n) is 11.4. The molecule has 0 aromatic rings. The van der Waals surface area contributed by atoms with Crippen LogP contribution in [0.25, 0.3) is 0 Å². The second kappa shape index (κ2) is 4.83. The van der Waals surface area contributed by atoms with Gasteiger partial charge >= 0.3 is 5.97 Å². The molecule has 96 valence electrons. The van der Waals surface area contributed by atoms with Crippen LogP contribution in [-0.2, 0) is 9.53 Å². The fraction of sp³-hybridized carbons (Fsp3) is 0.800. The number of ether oxygens (including phenoxy) is 1. The monoisotopic (exact) mass is 236 g/mol. The van der Waals surface area contributed by atoms with Crippen LogP contribution >= 0.6 is 0 Å². The highest BCUT2D eigenvalue weighted by molar-refractivity contribution is 5.73. The highest BCUT2D eigenvalue weighted by Crippen LogP contribution is 2.50. The van der Waals surface area contributed by atoms with Crippen LogP contribution in [0.15, 0.2) is 11.6 Å². The van der Waals surface area contributed by atoms with Gasteiger partial charge in [0, 0.05) is 0 Å². The number of hydrogen-bond donors (Lipinski definition) is 0. The van der Waals surface area contributed by atoms with Crippen LogP contribution in [0.1, 0.15) is 40.5 Å². The van der Waals surface area contributed by atoms with E-state index in [1.807, 2.05) is 6.92 Å². The lowest BCUT2D eigenvalue weighted by molar-refractivity contribution is -0.153. The van der Waals surface area contributed by atoms with E-state index in [1.54, 1.807) is 0 Å². The topological polar surface area (TPSA) is 26.3 Å². The molecule has 2 bridgehead atoms. The van der Waals surface area contributed by atoms with Gasteiger partial charge in [-0.3, -0.25) is 4.79 Å². The molecular formula is C15H24O2. The fourth-order valence-electron chi connectivity index (χ4n) is 3.61. The predicted octanol–water partition coefficient (Wildman–Crippen LogP) is 3.42. The van der Waals surface area contributed by atoms with Crippen molar-refractivity contribution < 1.29 is 9.53 Å². The summed E-state index contributed by atoms with van der Waals surface area (Å²) in [5, 5.41) is 0. The normalized spacial score (nSPS) is 35.9. The summed E-state index contributed by atoms with van der Waals surface area (Å²) in [6, 6.07) is 0. The van der Waals surface area contributed by atoms with Gasteiger partial charge in [0.25, 0.3) is 0 Å². The van der Waals surface area contributed by atoms with Crippen LogP contribution < -0.4 is 0 Å². The van der Waals surface area contributed by atoms with Crippen molar-refractivity contribution >= 4 is 5.97 Å². The summed E-state index contributed by atoms with van der Waals surface area (Å²) in [4.78, 5) is 12.0. The molecule has 3 rings (SSSR count). The number of fused-ring (bicyclic) bond motifs is 2. The van der Waals surface area contributed by atoms with Gasteiger partial charge in [0.15, 0.2) is 0 Å². The number of carbonyl (C=O) groups is 1. The highest BCUT2D eigenvalue weighted by atomic mass is 16.5. The fourth-order valence-corrected chi connectivity index (χ4v) is 3.61. The molecule has 3 aliphatic carbocycles. The Morgan fingerprint density at radius 3 is 2.71 bits per heavy atom. The molecule has 0 aromatic heterocycles. The Bertz CT molecular complexity index is 330. The Hall–Kier alpha value is -0.790. The number of carbonyl (C=O) groups excluding carboxylic acids is 1. The molecule has 3 aliphatic rings. The number of allylic oxidation sites excluding steroid dienone is 2. The van der Waals surface area contributed by atoms with E-state index in [9.17, 15) is 4.79 Å². The molecule has 4 atom stereocenters. The Balaban J connectivity index is 2.19. The second-order valence-corrected chi connectivity index (χ2v) is 5.92. The summed E-state index contributed by atoms with van der Waals surface area (Å²) in [6.07, 6.45) is 4.62. The maximum atomic E-state index is 12.0. The van der Waals surface area contributed by atoms with Crippen LogP contribution in [0.5, 0.6) is 0 Å². The molecule has 17 heavy (non-hydrogen) atoms. The van der Waals surface area contributed by atoms with Crippen LogP contribution in [-0.4, -0.2) is 12.6 Å². The summed E-state index contributed by atoms with van der Waals surface area (Å²) in [7, 11) is 0. The average Bonchev–Trinajstić information content (AvgIpc) is 2.29. The average molecular weight is 236 g/mol. The number of hydrogen-bond acceptors (Lipinski definition) is 2. The van der Waals surface area contributed by atoms with E-state index in [0.29, 0.717) is 30.3 Å². The molecule has 0 aliphatic heterocycles. The molecule has 0 amide bonds. The van der Waals surface area contributed by atoms with E-state index in [1.165, 1.54) is 12.0 Å². The predicted molar refractivity (Wildman–Crippen MR) is 68.4 cm³/mol. The van der Waals surface area contributed by atoms with Crippen molar-refractivity contribution in [3.63, 3.8) is 0 Å². The molecule has 2 heteroatoms. The Labute approximate surface area is 104 Å². The van der Waals surface area contributed by atoms with Gasteiger partial charge in [-0.15, -0.1) is 0 Å². The van der Waals surface area contributed by atoms with Gasteiger partial charge in [-0.05, 0) is 50.4 Å². The summed E-state index contributed by atoms with van der Waals surface area (Å²) < 4.78 is 5.23. The van der Waals surface area contributed by atoms with Crippen molar-refractivity contribution in [2.75, 3.05) is 6.61 Å². The number of esters is 1. The maximum absolute atomic E-state index is 12.0. The SMILES string of the molecule is CCOC(=O)C1CC2CC(C(C)C)C1C=C2C. The summed E-state index contributed by atoms with van der Waals surface area (Å²) >= 11 is 0. The first-order valence-electron chi connectivity index (χ1n) is 6.89. The minimum absolute atomic E-state index is 0.0246. The maximum Gasteiger partial charge on any atom is 0.309 e. The third kappa shape index (κ3) is 2.27. The van der Waals surface area contributed by atoms with Crippen molar-refractivity contribution in [2.45, 2.75) is 40.5 Å². The first-order valence-corrected chi connectivity index (χ1v) is 6.89. The minimum Gasteiger partial charge on any atom is -0.466 e. The molecule has 0 saturated heterocycles. The van der Waals surface area contributed by atoms with Gasteiger partial charge in [0.2, 0.25) is 0 Å². The molecule has 2 nitrogen and oxygen atoms in total. The van der Waals surface area contributed by atoms with E-state index in [0.717, 1.165) is 6.42 Å². The lowest BCUT2D eigenvalue weighted by atomic mass is 9.58. The molecule has 1 saturated carbocycles. The molecule has 0 aromatic carbocycles. The molecular weight excluding hydrogens is 212 g/mol. The van der Waals surface area contributed by atoms with E-state index in [4.69, 9.17) is 4.74 Å². The van der Waals surface area contributed by atoms with Gasteiger partial charge in [-0.1, -0.05) is 25.5 Å². The zero-order valence-corrected chi connectivity index (χ0v) is 11.4. The Kier molecular flexibility index (Phi) is 3.60. The smallest absolute Gasteiger partial charge is 0.309 e. The minimum atomic E-state index is 0.0246. The highest BCUT2D eigenvalue weighted by Gasteiger charge is 2.45. The molecule has 0 N–H and O–H groups in total. The van der Waals surface area contributed by atoms with Gasteiger partial charge < -0.3 is 4.74 Å². The second-order valence-electron chi connectivity index (χ2n) is 5.92. The lowest BCUT2D eigenvalue weighted by Crippen LogP contribution is -2.42. The van der Waals surface area contributed by atoms with Crippen molar-refractivity contribution in [3.05, 3.63) is 11.6 Å². The molecule has 0 heterocycles. The van der Waals surface area contributed by atoms with E-state index in [2.05, 4.69) is 26.8 Å². The summed E-state index contributed by atoms with van der Waals surface area (Å²) in [5.74, 6) is 2.48. The van der Waals surface area contributed by atoms with E-state index in [-0.39, 0.29) is 11.9 Å². The largest absolute Gasteiger partial charge is 0.466 e. The van der Waals surface area contributed by atoms with Crippen LogP contribution in [0.2, 0.25) is 0 Å². The van der Waals surface area contributed by atoms with Crippen LogP contribution in [0, 0.1) is 29.6 Å². The summed E-state index contributed by atoms with van der Waals surface area (Å²) in [5.41, 5.74) is 1.49.